The maximum absolute atomic E-state index is 12.9. The fourth-order valence-electron chi connectivity index (χ4n) is 2.85. The molecule has 19 heavy (non-hydrogen) atoms. The molecule has 1 aliphatic rings. The van der Waals surface area contributed by atoms with Gasteiger partial charge in [0.2, 0.25) is 5.91 Å². The molecule has 1 rings (SSSR count). The van der Waals surface area contributed by atoms with Crippen LogP contribution >= 0.6 is 0 Å². The number of carbonyl (C=O) groups excluding carboxylic acids is 1. The van der Waals surface area contributed by atoms with Crippen molar-refractivity contribution in [2.45, 2.75) is 40.5 Å². The summed E-state index contributed by atoms with van der Waals surface area (Å²) in [6.07, 6.45) is 1.32. The number of nitriles is 1. The lowest BCUT2D eigenvalue weighted by Gasteiger charge is -2.37. The molecule has 1 heterocycles. The second kappa shape index (κ2) is 6.91. The molecule has 108 valence electrons. The fraction of sp³-hybridized carbons (Fsp3) is 0.867. The number of rotatable bonds is 6. The van der Waals surface area contributed by atoms with E-state index in [0.717, 1.165) is 26.1 Å². The van der Waals surface area contributed by atoms with Crippen LogP contribution in [0.3, 0.4) is 0 Å². The van der Waals surface area contributed by atoms with E-state index in [1.54, 1.807) is 0 Å². The van der Waals surface area contributed by atoms with Crippen LogP contribution in [0.15, 0.2) is 0 Å². The summed E-state index contributed by atoms with van der Waals surface area (Å²) in [5, 5.41) is 12.1. The van der Waals surface area contributed by atoms with Crippen molar-refractivity contribution in [1.82, 2.24) is 10.2 Å². The van der Waals surface area contributed by atoms with Crippen LogP contribution in [0.25, 0.3) is 0 Å². The van der Waals surface area contributed by atoms with Gasteiger partial charge in [-0.15, -0.1) is 0 Å². The van der Waals surface area contributed by atoms with Gasteiger partial charge in [-0.2, -0.15) is 5.26 Å². The van der Waals surface area contributed by atoms with Crippen LogP contribution in [0.2, 0.25) is 0 Å². The smallest absolute Gasteiger partial charge is 0.230 e. The Balaban J connectivity index is 2.87. The first kappa shape index (κ1) is 16.0. The zero-order chi connectivity index (χ0) is 14.5. The van der Waals surface area contributed by atoms with Gasteiger partial charge in [-0.05, 0) is 24.8 Å². The SMILES string of the molecule is CC(C)CN(CCC#N)C(=O)C1(C(C)C)CCNC1. The Morgan fingerprint density at radius 2 is 2.11 bits per heavy atom. The van der Waals surface area contributed by atoms with E-state index in [1.165, 1.54) is 0 Å². The first-order chi connectivity index (χ1) is 8.94. The Labute approximate surface area is 117 Å². The van der Waals surface area contributed by atoms with Gasteiger partial charge in [-0.3, -0.25) is 4.79 Å². The second-order valence-corrected chi connectivity index (χ2v) is 6.29. The normalized spacial score (nSPS) is 22.8. The third-order valence-electron chi connectivity index (χ3n) is 4.09. The summed E-state index contributed by atoms with van der Waals surface area (Å²) in [5.74, 6) is 0.990. The summed E-state index contributed by atoms with van der Waals surface area (Å²) in [6, 6.07) is 2.15. The zero-order valence-electron chi connectivity index (χ0n) is 12.7. The molecular formula is C15H27N3O. The van der Waals surface area contributed by atoms with Gasteiger partial charge >= 0.3 is 0 Å². The summed E-state index contributed by atoms with van der Waals surface area (Å²) in [6.45, 7) is 11.5. The van der Waals surface area contributed by atoms with Gasteiger partial charge in [-0.1, -0.05) is 27.7 Å². The lowest BCUT2D eigenvalue weighted by atomic mass is 9.75. The Kier molecular flexibility index (Phi) is 5.81. The summed E-state index contributed by atoms with van der Waals surface area (Å²) >= 11 is 0. The molecule has 1 unspecified atom stereocenters. The van der Waals surface area contributed by atoms with Crippen LogP contribution in [-0.2, 0) is 4.79 Å². The highest BCUT2D eigenvalue weighted by Crippen LogP contribution is 2.36. The summed E-state index contributed by atoms with van der Waals surface area (Å²) in [5.41, 5.74) is -0.273. The van der Waals surface area contributed by atoms with E-state index in [4.69, 9.17) is 5.26 Å². The molecule has 1 aliphatic heterocycles. The predicted octanol–water partition coefficient (Wildman–Crippen LogP) is 2.02. The van der Waals surface area contributed by atoms with Crippen molar-refractivity contribution in [2.75, 3.05) is 26.2 Å². The van der Waals surface area contributed by atoms with Crippen LogP contribution in [0.1, 0.15) is 40.5 Å². The summed E-state index contributed by atoms with van der Waals surface area (Å²) < 4.78 is 0. The van der Waals surface area contributed by atoms with Gasteiger partial charge in [0.25, 0.3) is 0 Å². The largest absolute Gasteiger partial charge is 0.341 e. The monoisotopic (exact) mass is 265 g/mol. The van der Waals surface area contributed by atoms with E-state index >= 15 is 0 Å². The van der Waals surface area contributed by atoms with Gasteiger partial charge in [0.05, 0.1) is 17.9 Å². The minimum atomic E-state index is -0.273. The number of nitrogens with zero attached hydrogens (tertiary/aromatic N) is 2. The van der Waals surface area contributed by atoms with Crippen molar-refractivity contribution >= 4 is 5.91 Å². The molecule has 0 aromatic rings. The molecule has 1 atom stereocenters. The highest BCUT2D eigenvalue weighted by atomic mass is 16.2. The van der Waals surface area contributed by atoms with Crippen molar-refractivity contribution in [2.24, 2.45) is 17.3 Å². The van der Waals surface area contributed by atoms with Gasteiger partial charge < -0.3 is 10.2 Å². The minimum absolute atomic E-state index is 0.233. The third kappa shape index (κ3) is 3.70. The van der Waals surface area contributed by atoms with Crippen LogP contribution in [0.5, 0.6) is 0 Å². The first-order valence-corrected chi connectivity index (χ1v) is 7.31. The lowest BCUT2D eigenvalue weighted by Crippen LogP contribution is -2.49. The first-order valence-electron chi connectivity index (χ1n) is 7.31. The number of carbonyl (C=O) groups is 1. The topological polar surface area (TPSA) is 56.1 Å². The Bertz CT molecular complexity index is 338. The van der Waals surface area contributed by atoms with Gasteiger partial charge in [0.1, 0.15) is 0 Å². The molecule has 4 heteroatoms. The molecule has 0 aromatic heterocycles. The van der Waals surface area contributed by atoms with E-state index in [9.17, 15) is 4.79 Å². The Morgan fingerprint density at radius 3 is 2.53 bits per heavy atom. The highest BCUT2D eigenvalue weighted by molar-refractivity contribution is 5.83. The fourth-order valence-corrected chi connectivity index (χ4v) is 2.85. The standard InChI is InChI=1S/C15H27N3O/c1-12(2)10-18(9-5-7-16)14(19)15(13(3)4)6-8-17-11-15/h12-13,17H,5-6,8-11H2,1-4H3. The van der Waals surface area contributed by atoms with Crippen molar-refractivity contribution in [3.8, 4) is 6.07 Å². The van der Waals surface area contributed by atoms with Crippen molar-refractivity contribution in [3.63, 3.8) is 0 Å². The molecule has 1 N–H and O–H groups in total. The van der Waals surface area contributed by atoms with Gasteiger partial charge in [-0.25, -0.2) is 0 Å². The molecule has 0 radical (unpaired) electrons. The molecule has 1 amide bonds. The quantitative estimate of drug-likeness (QED) is 0.799. The maximum Gasteiger partial charge on any atom is 0.230 e. The number of hydrogen-bond acceptors (Lipinski definition) is 3. The predicted molar refractivity (Wildman–Crippen MR) is 76.4 cm³/mol. The number of hydrogen-bond donors (Lipinski definition) is 1. The van der Waals surface area contributed by atoms with Crippen LogP contribution in [0.4, 0.5) is 0 Å². The third-order valence-corrected chi connectivity index (χ3v) is 4.09. The Hall–Kier alpha value is -1.08. The average Bonchev–Trinajstić information content (AvgIpc) is 2.83. The van der Waals surface area contributed by atoms with Crippen LogP contribution in [-0.4, -0.2) is 37.0 Å². The van der Waals surface area contributed by atoms with Crippen molar-refractivity contribution in [3.05, 3.63) is 0 Å². The summed E-state index contributed by atoms with van der Waals surface area (Å²) in [7, 11) is 0. The second-order valence-electron chi connectivity index (χ2n) is 6.29. The van der Waals surface area contributed by atoms with E-state index in [1.807, 2.05) is 4.90 Å². The van der Waals surface area contributed by atoms with E-state index in [-0.39, 0.29) is 11.3 Å². The molecular weight excluding hydrogens is 238 g/mol. The Morgan fingerprint density at radius 1 is 1.42 bits per heavy atom. The molecule has 0 saturated carbocycles. The zero-order valence-corrected chi connectivity index (χ0v) is 12.7. The molecule has 0 bridgehead atoms. The molecule has 0 aliphatic carbocycles. The van der Waals surface area contributed by atoms with Crippen molar-refractivity contribution < 1.29 is 4.79 Å². The summed E-state index contributed by atoms with van der Waals surface area (Å²) in [4.78, 5) is 14.8. The molecule has 0 spiro atoms. The van der Waals surface area contributed by atoms with E-state index in [2.05, 4.69) is 39.1 Å². The van der Waals surface area contributed by atoms with Crippen LogP contribution in [0, 0.1) is 28.6 Å². The lowest BCUT2D eigenvalue weighted by molar-refractivity contribution is -0.144. The molecule has 1 saturated heterocycles. The molecule has 0 aromatic carbocycles. The van der Waals surface area contributed by atoms with Crippen molar-refractivity contribution in [1.29, 1.82) is 5.26 Å². The average molecular weight is 265 g/mol. The molecule has 1 fully saturated rings. The van der Waals surface area contributed by atoms with Crippen LogP contribution < -0.4 is 5.32 Å². The maximum atomic E-state index is 12.9. The number of amides is 1. The van der Waals surface area contributed by atoms with E-state index in [0.29, 0.717) is 24.8 Å². The minimum Gasteiger partial charge on any atom is -0.341 e. The number of nitrogens with one attached hydrogen (secondary N) is 1. The molecule has 4 nitrogen and oxygen atoms in total. The highest BCUT2D eigenvalue weighted by Gasteiger charge is 2.45. The van der Waals surface area contributed by atoms with E-state index < -0.39 is 0 Å². The van der Waals surface area contributed by atoms with Gasteiger partial charge in [0.15, 0.2) is 0 Å². The van der Waals surface area contributed by atoms with Gasteiger partial charge in [0, 0.05) is 19.6 Å².